The van der Waals surface area contributed by atoms with Gasteiger partial charge in [-0.2, -0.15) is 0 Å². The maximum Gasteiger partial charge on any atom is 0.240 e. The first-order valence-corrected chi connectivity index (χ1v) is 5.90. The van der Waals surface area contributed by atoms with E-state index in [1.807, 2.05) is 0 Å². The van der Waals surface area contributed by atoms with Crippen LogP contribution in [0.1, 0.15) is 6.42 Å². The fraction of sp³-hybridized carbons (Fsp3) is 0.333. The van der Waals surface area contributed by atoms with Gasteiger partial charge in [0.25, 0.3) is 0 Å². The van der Waals surface area contributed by atoms with Crippen LogP contribution < -0.4 is 10.5 Å². The Morgan fingerprint density at radius 3 is 2.43 bits per heavy atom. The monoisotopic (exact) mass is 214 g/mol. The molecular weight excluding hydrogens is 200 g/mol. The number of nitrogens with one attached hydrogen (secondary N) is 1. The van der Waals surface area contributed by atoms with E-state index < -0.39 is 10.0 Å². The van der Waals surface area contributed by atoms with Crippen molar-refractivity contribution < 1.29 is 8.42 Å². The fourth-order valence-electron chi connectivity index (χ4n) is 0.992. The molecule has 0 spiro atoms. The van der Waals surface area contributed by atoms with Crippen LogP contribution in [0, 0.1) is 0 Å². The van der Waals surface area contributed by atoms with Gasteiger partial charge in [0.05, 0.1) is 4.90 Å². The van der Waals surface area contributed by atoms with E-state index in [-0.39, 0.29) is 4.90 Å². The lowest BCUT2D eigenvalue weighted by Crippen LogP contribution is -2.26. The lowest BCUT2D eigenvalue weighted by molar-refractivity contribution is 0.579. The average molecular weight is 214 g/mol. The highest BCUT2D eigenvalue weighted by atomic mass is 32.2. The largest absolute Gasteiger partial charge is 0.330 e. The van der Waals surface area contributed by atoms with E-state index in [1.165, 1.54) is 0 Å². The second-order valence-corrected chi connectivity index (χ2v) is 4.62. The molecule has 1 aromatic carbocycles. The molecule has 0 aliphatic rings. The van der Waals surface area contributed by atoms with Gasteiger partial charge < -0.3 is 5.73 Å². The molecule has 1 rings (SSSR count). The molecule has 0 aliphatic carbocycles. The molecule has 78 valence electrons. The standard InChI is InChI=1S/C9H14N2O2S/c10-7-4-8-11-14(12,13)9-5-2-1-3-6-9/h1-3,5-6,11H,4,7-8,10H2. The Bertz CT molecular complexity index is 362. The summed E-state index contributed by atoms with van der Waals surface area (Å²) in [7, 11) is -3.34. The third-order valence-electron chi connectivity index (χ3n) is 1.73. The Morgan fingerprint density at radius 1 is 1.21 bits per heavy atom. The van der Waals surface area contributed by atoms with Crippen molar-refractivity contribution in [3.05, 3.63) is 30.3 Å². The average Bonchev–Trinajstić information content (AvgIpc) is 2.19. The minimum atomic E-state index is -3.34. The van der Waals surface area contributed by atoms with Crippen molar-refractivity contribution in [1.82, 2.24) is 4.72 Å². The predicted molar refractivity (Wildman–Crippen MR) is 55.3 cm³/mol. The number of rotatable bonds is 5. The van der Waals surface area contributed by atoms with Crippen LogP contribution in [0.5, 0.6) is 0 Å². The summed E-state index contributed by atoms with van der Waals surface area (Å²) in [4.78, 5) is 0.289. The number of nitrogens with two attached hydrogens (primary N) is 1. The molecule has 0 bridgehead atoms. The van der Waals surface area contributed by atoms with Crippen molar-refractivity contribution in [2.24, 2.45) is 5.73 Å². The summed E-state index contributed by atoms with van der Waals surface area (Å²) in [6.45, 7) is 0.866. The van der Waals surface area contributed by atoms with E-state index in [9.17, 15) is 8.42 Å². The molecule has 0 fully saturated rings. The summed E-state index contributed by atoms with van der Waals surface area (Å²) in [6.07, 6.45) is 0.645. The summed E-state index contributed by atoms with van der Waals surface area (Å²) < 4.78 is 25.6. The van der Waals surface area contributed by atoms with Gasteiger partial charge in [0, 0.05) is 6.54 Å². The Hall–Kier alpha value is -0.910. The fourth-order valence-corrected chi connectivity index (χ4v) is 2.09. The number of hydrogen-bond donors (Lipinski definition) is 2. The lowest BCUT2D eigenvalue weighted by atomic mass is 10.4. The van der Waals surface area contributed by atoms with E-state index in [4.69, 9.17) is 5.73 Å². The molecule has 0 aliphatic heterocycles. The highest BCUT2D eigenvalue weighted by molar-refractivity contribution is 7.89. The second kappa shape index (κ2) is 5.09. The van der Waals surface area contributed by atoms with Gasteiger partial charge in [-0.15, -0.1) is 0 Å². The summed E-state index contributed by atoms with van der Waals surface area (Å²) in [6, 6.07) is 8.28. The van der Waals surface area contributed by atoms with Crippen LogP contribution in [-0.2, 0) is 10.0 Å². The third kappa shape index (κ3) is 3.10. The molecule has 3 N–H and O–H groups in total. The van der Waals surface area contributed by atoms with E-state index in [0.717, 1.165) is 0 Å². The van der Waals surface area contributed by atoms with Gasteiger partial charge in [0.2, 0.25) is 10.0 Å². The van der Waals surface area contributed by atoms with Crippen molar-refractivity contribution >= 4 is 10.0 Å². The predicted octanol–water partition coefficient (Wildman–Crippen LogP) is 0.314. The summed E-state index contributed by atoms with van der Waals surface area (Å²) >= 11 is 0. The lowest BCUT2D eigenvalue weighted by Gasteiger charge is -2.04. The number of benzene rings is 1. The molecule has 0 aromatic heterocycles. The molecule has 0 saturated heterocycles. The zero-order chi connectivity index (χ0) is 10.4. The van der Waals surface area contributed by atoms with Gasteiger partial charge >= 0.3 is 0 Å². The molecule has 4 nitrogen and oxygen atoms in total. The van der Waals surface area contributed by atoms with Gasteiger partial charge in [-0.1, -0.05) is 18.2 Å². The van der Waals surface area contributed by atoms with Crippen molar-refractivity contribution in [3.63, 3.8) is 0 Å². The summed E-state index contributed by atoms with van der Waals surface area (Å²) in [5.74, 6) is 0. The van der Waals surface area contributed by atoms with E-state index in [2.05, 4.69) is 4.72 Å². The topological polar surface area (TPSA) is 72.2 Å². The normalized spacial score (nSPS) is 11.5. The van der Waals surface area contributed by atoms with Crippen LogP contribution >= 0.6 is 0 Å². The summed E-state index contributed by atoms with van der Waals surface area (Å²) in [5.41, 5.74) is 5.26. The van der Waals surface area contributed by atoms with Crippen LogP contribution in [0.25, 0.3) is 0 Å². The molecule has 0 amide bonds. The number of sulfonamides is 1. The Morgan fingerprint density at radius 2 is 1.86 bits per heavy atom. The maximum atomic E-state index is 11.6. The van der Waals surface area contributed by atoms with E-state index in [0.29, 0.717) is 19.5 Å². The first-order chi connectivity index (χ1) is 6.67. The van der Waals surface area contributed by atoms with Gasteiger partial charge in [-0.25, -0.2) is 13.1 Å². The van der Waals surface area contributed by atoms with Crippen molar-refractivity contribution in [1.29, 1.82) is 0 Å². The zero-order valence-electron chi connectivity index (χ0n) is 7.81. The first-order valence-electron chi connectivity index (χ1n) is 4.41. The quantitative estimate of drug-likeness (QED) is 0.693. The molecule has 0 unspecified atom stereocenters. The number of hydrogen-bond acceptors (Lipinski definition) is 3. The van der Waals surface area contributed by atoms with Gasteiger partial charge in [-0.05, 0) is 25.1 Å². The van der Waals surface area contributed by atoms with Gasteiger partial charge in [0.15, 0.2) is 0 Å². The highest BCUT2D eigenvalue weighted by Crippen LogP contribution is 2.06. The second-order valence-electron chi connectivity index (χ2n) is 2.85. The molecule has 14 heavy (non-hydrogen) atoms. The van der Waals surface area contributed by atoms with Crippen molar-refractivity contribution in [2.75, 3.05) is 13.1 Å². The Labute approximate surface area is 84.2 Å². The maximum absolute atomic E-state index is 11.6. The molecule has 0 heterocycles. The van der Waals surface area contributed by atoms with Crippen LogP contribution in [0.2, 0.25) is 0 Å². The van der Waals surface area contributed by atoms with Crippen molar-refractivity contribution in [3.8, 4) is 0 Å². The zero-order valence-corrected chi connectivity index (χ0v) is 8.63. The molecule has 0 atom stereocenters. The Kier molecular flexibility index (Phi) is 4.06. The minimum absolute atomic E-state index is 0.289. The minimum Gasteiger partial charge on any atom is -0.330 e. The van der Waals surface area contributed by atoms with Crippen LogP contribution in [-0.4, -0.2) is 21.5 Å². The van der Waals surface area contributed by atoms with Crippen LogP contribution in [0.4, 0.5) is 0 Å². The van der Waals surface area contributed by atoms with Crippen LogP contribution in [0.15, 0.2) is 35.2 Å². The Balaban J connectivity index is 2.67. The first kappa shape index (κ1) is 11.2. The third-order valence-corrected chi connectivity index (χ3v) is 3.20. The van der Waals surface area contributed by atoms with E-state index >= 15 is 0 Å². The van der Waals surface area contributed by atoms with Gasteiger partial charge in [-0.3, -0.25) is 0 Å². The van der Waals surface area contributed by atoms with Crippen LogP contribution in [0.3, 0.4) is 0 Å². The molecule has 0 radical (unpaired) electrons. The van der Waals surface area contributed by atoms with Crippen molar-refractivity contribution in [2.45, 2.75) is 11.3 Å². The molecule has 0 saturated carbocycles. The molecule has 1 aromatic rings. The molecular formula is C9H14N2O2S. The molecule has 5 heteroatoms. The highest BCUT2D eigenvalue weighted by Gasteiger charge is 2.11. The SMILES string of the molecule is NCCCNS(=O)(=O)c1ccccc1. The van der Waals surface area contributed by atoms with Gasteiger partial charge in [0.1, 0.15) is 0 Å². The summed E-state index contributed by atoms with van der Waals surface area (Å²) in [5, 5.41) is 0. The van der Waals surface area contributed by atoms with E-state index in [1.54, 1.807) is 30.3 Å². The smallest absolute Gasteiger partial charge is 0.240 e.